The fourth-order valence-corrected chi connectivity index (χ4v) is 3.36. The average molecular weight is 369 g/mol. The quantitative estimate of drug-likeness (QED) is 0.823. The summed E-state index contributed by atoms with van der Waals surface area (Å²) in [5, 5.41) is 3.02. The molecule has 0 bridgehead atoms. The second-order valence-electron chi connectivity index (χ2n) is 4.63. The van der Waals surface area contributed by atoms with Gasteiger partial charge in [-0.3, -0.25) is 0 Å². The minimum atomic E-state index is -3.49. The monoisotopic (exact) mass is 368 g/mol. The molecule has 0 atom stereocenters. The molecule has 0 radical (unpaired) electrons. The van der Waals surface area contributed by atoms with Gasteiger partial charge in [0.25, 0.3) is 0 Å². The fourth-order valence-electron chi connectivity index (χ4n) is 1.90. The molecule has 0 saturated heterocycles. The maximum absolute atomic E-state index is 12.2. The highest BCUT2D eigenvalue weighted by Crippen LogP contribution is 2.14. The third kappa shape index (κ3) is 4.64. The molecule has 0 heterocycles. The van der Waals surface area contributed by atoms with Gasteiger partial charge in [-0.25, -0.2) is 13.1 Å². The lowest BCUT2D eigenvalue weighted by atomic mass is 10.2. The molecule has 0 aliphatic carbocycles. The van der Waals surface area contributed by atoms with Gasteiger partial charge in [-0.2, -0.15) is 0 Å². The van der Waals surface area contributed by atoms with Crippen LogP contribution in [0.25, 0.3) is 0 Å². The van der Waals surface area contributed by atoms with Crippen LogP contribution in [0.15, 0.2) is 57.9 Å². The van der Waals surface area contributed by atoms with Crippen molar-refractivity contribution in [3.05, 3.63) is 64.1 Å². The van der Waals surface area contributed by atoms with E-state index in [1.165, 1.54) is 0 Å². The lowest BCUT2D eigenvalue weighted by Gasteiger charge is -2.08. The third-order valence-electron chi connectivity index (χ3n) is 2.97. The summed E-state index contributed by atoms with van der Waals surface area (Å²) in [6, 6.07) is 14.4. The van der Waals surface area contributed by atoms with E-state index in [0.717, 1.165) is 15.6 Å². The molecule has 0 unspecified atom stereocenters. The Morgan fingerprint density at radius 2 is 1.71 bits per heavy atom. The first-order valence-corrected chi connectivity index (χ1v) is 8.76. The van der Waals surface area contributed by atoms with Crippen molar-refractivity contribution in [3.8, 4) is 0 Å². The van der Waals surface area contributed by atoms with Gasteiger partial charge in [0, 0.05) is 17.6 Å². The minimum Gasteiger partial charge on any atom is -0.316 e. The van der Waals surface area contributed by atoms with Crippen molar-refractivity contribution in [1.82, 2.24) is 10.0 Å². The van der Waals surface area contributed by atoms with Gasteiger partial charge in [-0.1, -0.05) is 40.2 Å². The summed E-state index contributed by atoms with van der Waals surface area (Å²) in [6.07, 6.45) is 0. The number of rotatable bonds is 6. The van der Waals surface area contributed by atoms with E-state index in [2.05, 4.69) is 26.0 Å². The first-order chi connectivity index (χ1) is 10.0. The van der Waals surface area contributed by atoms with E-state index in [4.69, 9.17) is 0 Å². The molecule has 112 valence electrons. The molecular formula is C15H17BrN2O2S. The molecule has 2 aromatic carbocycles. The number of sulfonamides is 1. The topological polar surface area (TPSA) is 58.2 Å². The van der Waals surface area contributed by atoms with Gasteiger partial charge in [0.2, 0.25) is 10.0 Å². The van der Waals surface area contributed by atoms with Gasteiger partial charge in [0.15, 0.2) is 0 Å². The van der Waals surface area contributed by atoms with Crippen LogP contribution >= 0.6 is 15.9 Å². The Morgan fingerprint density at radius 3 is 2.33 bits per heavy atom. The Balaban J connectivity index is 2.07. The Kier molecular flexibility index (Phi) is 5.52. The second kappa shape index (κ2) is 7.17. The lowest BCUT2D eigenvalue weighted by Crippen LogP contribution is -2.23. The molecule has 6 heteroatoms. The van der Waals surface area contributed by atoms with Gasteiger partial charge >= 0.3 is 0 Å². The average Bonchev–Trinajstić information content (AvgIpc) is 2.46. The van der Waals surface area contributed by atoms with E-state index < -0.39 is 10.0 Å². The number of hydrogen-bond acceptors (Lipinski definition) is 3. The van der Waals surface area contributed by atoms with E-state index >= 15 is 0 Å². The molecular weight excluding hydrogens is 352 g/mol. The number of hydrogen-bond donors (Lipinski definition) is 2. The SMILES string of the molecule is CNCc1ccc(S(=O)(=O)NCc2cccc(Br)c2)cc1. The van der Waals surface area contributed by atoms with Crippen molar-refractivity contribution in [3.63, 3.8) is 0 Å². The normalized spacial score (nSPS) is 11.5. The van der Waals surface area contributed by atoms with Crippen LogP contribution in [0.4, 0.5) is 0 Å². The Hall–Kier alpha value is -1.21. The highest BCUT2D eigenvalue weighted by atomic mass is 79.9. The molecule has 0 spiro atoms. The second-order valence-corrected chi connectivity index (χ2v) is 7.31. The van der Waals surface area contributed by atoms with E-state index in [1.807, 2.05) is 43.4 Å². The molecule has 0 aliphatic heterocycles. The van der Waals surface area contributed by atoms with Crippen LogP contribution in [-0.4, -0.2) is 15.5 Å². The molecule has 21 heavy (non-hydrogen) atoms. The third-order valence-corrected chi connectivity index (χ3v) is 4.88. The molecule has 0 aliphatic rings. The maximum atomic E-state index is 12.2. The summed E-state index contributed by atoms with van der Waals surface area (Å²) < 4.78 is 28.0. The van der Waals surface area contributed by atoms with Crippen molar-refractivity contribution in [1.29, 1.82) is 0 Å². The predicted octanol–water partition coefficient (Wildman–Crippen LogP) is 2.65. The molecule has 0 amide bonds. The molecule has 2 aromatic rings. The zero-order valence-electron chi connectivity index (χ0n) is 11.6. The molecule has 0 saturated carbocycles. The van der Waals surface area contributed by atoms with Gasteiger partial charge in [0.1, 0.15) is 0 Å². The summed E-state index contributed by atoms with van der Waals surface area (Å²) in [4.78, 5) is 0.275. The van der Waals surface area contributed by atoms with Crippen molar-refractivity contribution in [2.75, 3.05) is 7.05 Å². The summed E-state index contributed by atoms with van der Waals surface area (Å²) in [5.41, 5.74) is 1.95. The first-order valence-electron chi connectivity index (χ1n) is 6.49. The first kappa shape index (κ1) is 16.2. The van der Waals surface area contributed by atoms with Crippen LogP contribution < -0.4 is 10.0 Å². The van der Waals surface area contributed by atoms with Gasteiger partial charge in [-0.05, 0) is 42.4 Å². The molecule has 4 nitrogen and oxygen atoms in total. The fraction of sp³-hybridized carbons (Fsp3) is 0.200. The maximum Gasteiger partial charge on any atom is 0.240 e. The van der Waals surface area contributed by atoms with Crippen LogP contribution in [0.3, 0.4) is 0 Å². The van der Waals surface area contributed by atoms with Crippen molar-refractivity contribution in [2.45, 2.75) is 18.0 Å². The Bertz CT molecular complexity index is 700. The van der Waals surface area contributed by atoms with Crippen LogP contribution in [0, 0.1) is 0 Å². The zero-order valence-corrected chi connectivity index (χ0v) is 14.0. The number of nitrogens with one attached hydrogen (secondary N) is 2. The summed E-state index contributed by atoms with van der Waals surface area (Å²) in [6.45, 7) is 0.978. The van der Waals surface area contributed by atoms with E-state index in [9.17, 15) is 8.42 Å². The highest BCUT2D eigenvalue weighted by Gasteiger charge is 2.13. The van der Waals surface area contributed by atoms with Crippen molar-refractivity contribution >= 4 is 26.0 Å². The summed E-state index contributed by atoms with van der Waals surface area (Å²) in [5.74, 6) is 0. The lowest BCUT2D eigenvalue weighted by molar-refractivity contribution is 0.581. The highest BCUT2D eigenvalue weighted by molar-refractivity contribution is 9.10. The van der Waals surface area contributed by atoms with Crippen LogP contribution in [0.5, 0.6) is 0 Å². The predicted molar refractivity (Wildman–Crippen MR) is 87.4 cm³/mol. The van der Waals surface area contributed by atoms with Crippen molar-refractivity contribution in [2.24, 2.45) is 0 Å². The van der Waals surface area contributed by atoms with Crippen LogP contribution in [0.2, 0.25) is 0 Å². The number of benzene rings is 2. The standard InChI is InChI=1S/C15H17BrN2O2S/c1-17-10-12-5-7-15(8-6-12)21(19,20)18-11-13-3-2-4-14(16)9-13/h2-9,17-18H,10-11H2,1H3. The van der Waals surface area contributed by atoms with E-state index in [1.54, 1.807) is 12.1 Å². The number of halogens is 1. The molecule has 2 N–H and O–H groups in total. The Labute approximate surface area is 133 Å². The van der Waals surface area contributed by atoms with Crippen LogP contribution in [0.1, 0.15) is 11.1 Å². The Morgan fingerprint density at radius 1 is 1.00 bits per heavy atom. The largest absolute Gasteiger partial charge is 0.316 e. The van der Waals surface area contributed by atoms with Crippen LogP contribution in [-0.2, 0) is 23.1 Å². The van der Waals surface area contributed by atoms with Gasteiger partial charge < -0.3 is 5.32 Å². The summed E-state index contributed by atoms with van der Waals surface area (Å²) >= 11 is 3.37. The molecule has 0 fully saturated rings. The minimum absolute atomic E-state index is 0.264. The van der Waals surface area contributed by atoms with Crippen molar-refractivity contribution < 1.29 is 8.42 Å². The van der Waals surface area contributed by atoms with Gasteiger partial charge in [0.05, 0.1) is 4.90 Å². The van der Waals surface area contributed by atoms with Gasteiger partial charge in [-0.15, -0.1) is 0 Å². The molecule has 0 aromatic heterocycles. The zero-order chi connectivity index (χ0) is 15.3. The smallest absolute Gasteiger partial charge is 0.240 e. The summed E-state index contributed by atoms with van der Waals surface area (Å²) in [7, 11) is -1.64. The molecule has 2 rings (SSSR count). The van der Waals surface area contributed by atoms with E-state index in [-0.39, 0.29) is 11.4 Å². The van der Waals surface area contributed by atoms with E-state index in [0.29, 0.717) is 6.54 Å².